The molecular formula is C17H16NS. The molecule has 19 heavy (non-hydrogen) atoms. The minimum Gasteiger partial charge on any atom is -0.240 e. The third-order valence-electron chi connectivity index (χ3n) is 3.27. The van der Waals surface area contributed by atoms with E-state index in [1.807, 2.05) is 6.07 Å². The molecule has 1 heterocycles. The Bertz CT molecular complexity index is 674. The molecule has 0 amide bonds. The molecule has 0 aliphatic carbocycles. The maximum atomic E-state index is 4.73. The lowest BCUT2D eigenvalue weighted by atomic mass is 9.98. The summed E-state index contributed by atoms with van der Waals surface area (Å²) < 4.78 is 1.25. The topological polar surface area (TPSA) is 12.9 Å². The number of hydrogen-bond donors (Lipinski definition) is 0. The van der Waals surface area contributed by atoms with Crippen molar-refractivity contribution >= 4 is 21.6 Å². The van der Waals surface area contributed by atoms with E-state index < -0.39 is 0 Å². The zero-order valence-corrected chi connectivity index (χ0v) is 12.2. The first kappa shape index (κ1) is 12.4. The molecule has 3 rings (SSSR count). The van der Waals surface area contributed by atoms with E-state index in [-0.39, 0.29) is 0 Å². The molecule has 95 valence electrons. The Morgan fingerprint density at radius 2 is 1.68 bits per heavy atom. The van der Waals surface area contributed by atoms with Crippen molar-refractivity contribution < 1.29 is 0 Å². The van der Waals surface area contributed by atoms with E-state index in [1.54, 1.807) is 11.3 Å². The van der Waals surface area contributed by atoms with Gasteiger partial charge in [0.2, 0.25) is 0 Å². The van der Waals surface area contributed by atoms with E-state index in [1.165, 1.54) is 27.3 Å². The molecule has 0 fully saturated rings. The lowest BCUT2D eigenvalue weighted by molar-refractivity contribution is 1.14. The summed E-state index contributed by atoms with van der Waals surface area (Å²) in [5.74, 6) is 1.26. The highest BCUT2D eigenvalue weighted by molar-refractivity contribution is 7.18. The minimum absolute atomic E-state index is 1.09. The van der Waals surface area contributed by atoms with Gasteiger partial charge in [-0.1, -0.05) is 41.5 Å². The Balaban J connectivity index is 2.05. The van der Waals surface area contributed by atoms with E-state index in [0.717, 1.165) is 10.5 Å². The SMILES string of the molecule is C[C](c1cc(C)cc(C)c1)c1nc2ccccc2s1. The summed E-state index contributed by atoms with van der Waals surface area (Å²) in [5.41, 5.74) is 4.97. The fourth-order valence-electron chi connectivity index (χ4n) is 2.35. The highest BCUT2D eigenvalue weighted by Crippen LogP contribution is 2.31. The lowest BCUT2D eigenvalue weighted by Crippen LogP contribution is -1.97. The van der Waals surface area contributed by atoms with Crippen LogP contribution in [0.1, 0.15) is 28.6 Å². The van der Waals surface area contributed by atoms with Crippen LogP contribution in [0, 0.1) is 19.8 Å². The molecule has 0 N–H and O–H groups in total. The van der Waals surface area contributed by atoms with Crippen LogP contribution in [-0.2, 0) is 0 Å². The lowest BCUT2D eigenvalue weighted by Gasteiger charge is -2.10. The fourth-order valence-corrected chi connectivity index (χ4v) is 3.34. The standard InChI is InChI=1S/C17H16NS/c1-11-8-12(2)10-14(9-11)13(3)17-18-15-6-4-5-7-16(15)19-17/h4-10H,1-3H3. The van der Waals surface area contributed by atoms with Crippen LogP contribution in [0.3, 0.4) is 0 Å². The smallest absolute Gasteiger partial charge is 0.105 e. The highest BCUT2D eigenvalue weighted by Gasteiger charge is 2.14. The summed E-state index contributed by atoms with van der Waals surface area (Å²) in [7, 11) is 0. The highest BCUT2D eigenvalue weighted by atomic mass is 32.1. The van der Waals surface area contributed by atoms with Crippen LogP contribution >= 0.6 is 11.3 Å². The number of hydrogen-bond acceptors (Lipinski definition) is 2. The van der Waals surface area contributed by atoms with Gasteiger partial charge in [0.15, 0.2) is 0 Å². The van der Waals surface area contributed by atoms with Crippen LogP contribution in [-0.4, -0.2) is 4.98 Å². The molecule has 2 heteroatoms. The summed E-state index contributed by atoms with van der Waals surface area (Å²) in [4.78, 5) is 4.73. The Labute approximate surface area is 117 Å². The van der Waals surface area contributed by atoms with E-state index in [2.05, 4.69) is 57.2 Å². The first-order valence-corrected chi connectivity index (χ1v) is 7.23. The average Bonchev–Trinajstić information content (AvgIpc) is 2.80. The minimum atomic E-state index is 1.09. The molecule has 0 bridgehead atoms. The van der Waals surface area contributed by atoms with Crippen molar-refractivity contribution in [2.45, 2.75) is 20.8 Å². The number of rotatable bonds is 2. The van der Waals surface area contributed by atoms with E-state index in [0.29, 0.717) is 0 Å². The van der Waals surface area contributed by atoms with E-state index in [9.17, 15) is 0 Å². The number of fused-ring (bicyclic) bond motifs is 1. The van der Waals surface area contributed by atoms with Gasteiger partial charge in [-0.2, -0.15) is 0 Å². The van der Waals surface area contributed by atoms with Crippen LogP contribution in [0.4, 0.5) is 0 Å². The Morgan fingerprint density at radius 1 is 1.00 bits per heavy atom. The second-order valence-corrected chi connectivity index (χ2v) is 6.02. The summed E-state index contributed by atoms with van der Waals surface area (Å²) in [6, 6.07) is 15.0. The maximum Gasteiger partial charge on any atom is 0.105 e. The molecule has 0 aliphatic heterocycles. The predicted molar refractivity (Wildman–Crippen MR) is 82.7 cm³/mol. The van der Waals surface area contributed by atoms with Crippen LogP contribution in [0.2, 0.25) is 0 Å². The zero-order valence-electron chi connectivity index (χ0n) is 11.4. The molecule has 2 aromatic carbocycles. The molecule has 0 aliphatic rings. The van der Waals surface area contributed by atoms with Gasteiger partial charge in [-0.15, -0.1) is 11.3 Å². The normalized spacial score (nSPS) is 11.4. The first-order chi connectivity index (χ1) is 9.13. The second-order valence-electron chi connectivity index (χ2n) is 4.99. The van der Waals surface area contributed by atoms with Crippen LogP contribution in [0.5, 0.6) is 0 Å². The molecule has 0 saturated heterocycles. The molecule has 0 atom stereocenters. The van der Waals surface area contributed by atoms with Crippen molar-refractivity contribution in [2.24, 2.45) is 0 Å². The van der Waals surface area contributed by atoms with Crippen LogP contribution in [0.15, 0.2) is 42.5 Å². The van der Waals surface area contributed by atoms with Gasteiger partial charge in [0.25, 0.3) is 0 Å². The van der Waals surface area contributed by atoms with Gasteiger partial charge in [-0.25, -0.2) is 4.98 Å². The first-order valence-electron chi connectivity index (χ1n) is 6.41. The summed E-state index contributed by atoms with van der Waals surface area (Å²) in [5, 5.41) is 1.12. The third kappa shape index (κ3) is 2.41. The van der Waals surface area contributed by atoms with Crippen LogP contribution < -0.4 is 0 Å². The Kier molecular flexibility index (Phi) is 3.11. The number of aromatic nitrogens is 1. The zero-order chi connectivity index (χ0) is 13.4. The van der Waals surface area contributed by atoms with Crippen molar-refractivity contribution in [1.29, 1.82) is 0 Å². The van der Waals surface area contributed by atoms with Gasteiger partial charge < -0.3 is 0 Å². The van der Waals surface area contributed by atoms with Crippen molar-refractivity contribution in [3.63, 3.8) is 0 Å². The molecule has 0 spiro atoms. The molecule has 3 aromatic rings. The van der Waals surface area contributed by atoms with Gasteiger partial charge in [0.1, 0.15) is 5.01 Å². The molecular weight excluding hydrogens is 250 g/mol. The van der Waals surface area contributed by atoms with Gasteiger partial charge in [-0.3, -0.25) is 0 Å². The Hall–Kier alpha value is -1.67. The van der Waals surface area contributed by atoms with Crippen molar-refractivity contribution in [2.75, 3.05) is 0 Å². The molecule has 0 unspecified atom stereocenters. The largest absolute Gasteiger partial charge is 0.240 e. The predicted octanol–water partition coefficient (Wildman–Crippen LogP) is 4.90. The van der Waals surface area contributed by atoms with E-state index in [4.69, 9.17) is 4.98 Å². The van der Waals surface area contributed by atoms with Gasteiger partial charge in [0, 0.05) is 0 Å². The van der Waals surface area contributed by atoms with Gasteiger partial charge in [-0.05, 0) is 38.5 Å². The van der Waals surface area contributed by atoms with Gasteiger partial charge >= 0.3 is 0 Å². The van der Waals surface area contributed by atoms with Crippen molar-refractivity contribution in [3.8, 4) is 0 Å². The number of para-hydroxylation sites is 1. The summed E-state index contributed by atoms with van der Waals surface area (Å²) in [6.45, 7) is 6.44. The van der Waals surface area contributed by atoms with Crippen LogP contribution in [0.25, 0.3) is 10.2 Å². The van der Waals surface area contributed by atoms with Crippen molar-refractivity contribution in [1.82, 2.24) is 4.98 Å². The molecule has 1 aromatic heterocycles. The second kappa shape index (κ2) is 4.78. The van der Waals surface area contributed by atoms with Crippen molar-refractivity contribution in [3.05, 3.63) is 70.1 Å². The summed E-state index contributed by atoms with van der Waals surface area (Å²) >= 11 is 1.76. The third-order valence-corrected chi connectivity index (χ3v) is 4.43. The molecule has 1 nitrogen and oxygen atoms in total. The number of aryl methyl sites for hydroxylation is 2. The molecule has 1 radical (unpaired) electrons. The average molecular weight is 266 g/mol. The van der Waals surface area contributed by atoms with E-state index >= 15 is 0 Å². The molecule has 0 saturated carbocycles. The number of benzene rings is 2. The maximum absolute atomic E-state index is 4.73. The van der Waals surface area contributed by atoms with Gasteiger partial charge in [0.05, 0.1) is 16.1 Å². The number of thiazole rings is 1. The fraction of sp³-hybridized carbons (Fsp3) is 0.176. The quantitative estimate of drug-likeness (QED) is 0.642. The summed E-state index contributed by atoms with van der Waals surface area (Å²) in [6.07, 6.45) is 0. The monoisotopic (exact) mass is 266 g/mol. The number of nitrogens with zero attached hydrogens (tertiary/aromatic N) is 1. The Morgan fingerprint density at radius 3 is 2.37 bits per heavy atom.